The molecule has 0 bridgehead atoms. The average molecular weight is 298 g/mol. The first kappa shape index (κ1) is 19.1. The molecule has 20 heavy (non-hydrogen) atoms. The van der Waals surface area contributed by atoms with Crippen LogP contribution < -0.4 is 0 Å². The fourth-order valence-corrected chi connectivity index (χ4v) is 1.26. The molecule has 0 aliphatic carbocycles. The minimum Gasteiger partial charge on any atom is -0.465 e. The van der Waals surface area contributed by atoms with Gasteiger partial charge in [-0.3, -0.25) is 25.6 Å². The van der Waals surface area contributed by atoms with Crippen molar-refractivity contribution in [2.75, 3.05) is 13.2 Å². The third-order valence-corrected chi connectivity index (χ3v) is 2.26. The lowest BCUT2D eigenvalue weighted by molar-refractivity contribution is -0.527. The number of ether oxygens (including phenoxy) is 1. The van der Waals surface area contributed by atoms with Crippen molar-refractivity contribution in [1.82, 2.24) is 10.8 Å². The van der Waals surface area contributed by atoms with Gasteiger partial charge in [0.05, 0.1) is 23.3 Å². The molecule has 120 valence electrons. The van der Waals surface area contributed by atoms with Crippen molar-refractivity contribution in [3.63, 3.8) is 0 Å². The van der Waals surface area contributed by atoms with E-state index in [1.807, 2.05) is 0 Å². The van der Waals surface area contributed by atoms with Crippen molar-refractivity contribution in [1.29, 1.82) is 0 Å². The Morgan fingerprint density at radius 3 is 2.25 bits per heavy atom. The molecule has 1 atom stereocenters. The number of rotatable bonds is 11. The maximum absolute atomic E-state index is 11.2. The number of carbonyl (C=O) groups is 1. The van der Waals surface area contributed by atoms with Gasteiger partial charge in [-0.05, 0) is 19.3 Å². The largest absolute Gasteiger partial charge is 0.465 e. The van der Waals surface area contributed by atoms with Gasteiger partial charge in [-0.1, -0.05) is 13.8 Å². The molecular formula is C10H22N2O8. The Morgan fingerprint density at radius 1 is 1.10 bits per heavy atom. The molecule has 0 heterocycles. The van der Waals surface area contributed by atoms with Crippen LogP contribution in [-0.2, 0) is 19.2 Å². The molecule has 0 aromatic rings. The smallest absolute Gasteiger partial charge is 0.308 e. The summed E-state index contributed by atoms with van der Waals surface area (Å²) in [5.41, 5.74) is 0. The Kier molecular flexibility index (Phi) is 10.4. The van der Waals surface area contributed by atoms with Gasteiger partial charge in [0.2, 0.25) is 0 Å². The fourth-order valence-electron chi connectivity index (χ4n) is 1.26. The lowest BCUT2D eigenvalue weighted by Crippen LogP contribution is -2.31. The lowest BCUT2D eigenvalue weighted by atomic mass is 10.1. The number of carbonyl (C=O) groups excluding carboxylic acids is 1. The molecule has 0 unspecified atom stereocenters. The van der Waals surface area contributed by atoms with Crippen LogP contribution in [0.3, 0.4) is 0 Å². The Bertz CT molecular complexity index is 262. The molecular weight excluding hydrogens is 276 g/mol. The maximum atomic E-state index is 11.2. The van der Waals surface area contributed by atoms with E-state index in [0.717, 1.165) is 0 Å². The van der Waals surface area contributed by atoms with Crippen molar-refractivity contribution in [3.05, 3.63) is 0 Å². The first-order valence-corrected chi connectivity index (χ1v) is 6.15. The Hall–Kier alpha value is -0.850. The minimum absolute atomic E-state index is 0.183. The first-order chi connectivity index (χ1) is 9.32. The van der Waals surface area contributed by atoms with Crippen molar-refractivity contribution < 1.29 is 40.0 Å². The van der Waals surface area contributed by atoms with E-state index < -0.39 is 16.9 Å². The van der Waals surface area contributed by atoms with E-state index in [1.165, 1.54) is 0 Å². The van der Waals surface area contributed by atoms with Crippen LogP contribution in [-0.4, -0.2) is 56.9 Å². The standard InChI is InChI=1S/C10H22N2O8/c1-8(2)10(13)18-6-4-3-5-9(20-12(16)17)7-19-11(14)15/h8-9,14-17H,3-7H2,1-2H3/t9-/m0/s1. The SMILES string of the molecule is CC(C)C(=O)OCCCC[C@@H](CON(O)O)ON(O)O. The maximum Gasteiger partial charge on any atom is 0.308 e. The molecule has 0 aliphatic heterocycles. The molecule has 0 fully saturated rings. The van der Waals surface area contributed by atoms with Crippen molar-refractivity contribution >= 4 is 5.97 Å². The zero-order valence-corrected chi connectivity index (χ0v) is 11.5. The predicted molar refractivity (Wildman–Crippen MR) is 61.3 cm³/mol. The molecule has 0 saturated carbocycles. The van der Waals surface area contributed by atoms with Gasteiger partial charge in [0.1, 0.15) is 12.7 Å². The summed E-state index contributed by atoms with van der Waals surface area (Å²) in [7, 11) is 0. The molecule has 0 aromatic carbocycles. The summed E-state index contributed by atoms with van der Waals surface area (Å²) < 4.78 is 4.96. The normalized spacial score (nSPS) is 13.2. The van der Waals surface area contributed by atoms with Gasteiger partial charge in [0.15, 0.2) is 0 Å². The topological polar surface area (TPSA) is 132 Å². The monoisotopic (exact) mass is 298 g/mol. The molecule has 4 N–H and O–H groups in total. The summed E-state index contributed by atoms with van der Waals surface area (Å²) in [6.07, 6.45) is 0.610. The summed E-state index contributed by atoms with van der Waals surface area (Å²) >= 11 is 0. The van der Waals surface area contributed by atoms with Gasteiger partial charge in [0.25, 0.3) is 0 Å². The first-order valence-electron chi connectivity index (χ1n) is 6.15. The quantitative estimate of drug-likeness (QED) is 0.246. The lowest BCUT2D eigenvalue weighted by Gasteiger charge is -2.18. The zero-order valence-electron chi connectivity index (χ0n) is 11.5. The second-order valence-corrected chi connectivity index (χ2v) is 4.35. The summed E-state index contributed by atoms with van der Waals surface area (Å²) in [4.78, 5) is 20.0. The van der Waals surface area contributed by atoms with Crippen LogP contribution in [0.25, 0.3) is 0 Å². The van der Waals surface area contributed by atoms with Gasteiger partial charge in [-0.25, -0.2) is 9.68 Å². The molecule has 0 aliphatic rings. The van der Waals surface area contributed by atoms with E-state index in [4.69, 9.17) is 25.6 Å². The molecule has 0 saturated heterocycles. The third-order valence-electron chi connectivity index (χ3n) is 2.26. The molecule has 0 amide bonds. The predicted octanol–water partition coefficient (Wildman–Crippen LogP) is 0.749. The van der Waals surface area contributed by atoms with E-state index in [0.29, 0.717) is 19.3 Å². The second-order valence-electron chi connectivity index (χ2n) is 4.35. The van der Waals surface area contributed by atoms with Gasteiger partial charge in [0, 0.05) is 0 Å². The highest BCUT2D eigenvalue weighted by Crippen LogP contribution is 2.08. The van der Waals surface area contributed by atoms with Gasteiger partial charge in [-0.2, -0.15) is 0 Å². The van der Waals surface area contributed by atoms with Crippen LogP contribution in [0.4, 0.5) is 0 Å². The number of hydrogen-bond acceptors (Lipinski definition) is 10. The molecule has 0 rings (SSSR count). The highest BCUT2D eigenvalue weighted by Gasteiger charge is 2.15. The van der Waals surface area contributed by atoms with E-state index >= 15 is 0 Å². The Balaban J connectivity index is 3.80. The minimum atomic E-state index is -0.812. The number of esters is 1. The van der Waals surface area contributed by atoms with Crippen LogP contribution in [0.5, 0.6) is 0 Å². The van der Waals surface area contributed by atoms with Gasteiger partial charge in [-0.15, -0.1) is 0 Å². The van der Waals surface area contributed by atoms with E-state index in [2.05, 4.69) is 9.68 Å². The highest BCUT2D eigenvalue weighted by molar-refractivity contribution is 5.71. The summed E-state index contributed by atoms with van der Waals surface area (Å²) in [5.74, 6) is -0.467. The molecule has 10 nitrogen and oxygen atoms in total. The number of nitrogens with zero attached hydrogens (tertiary/aromatic N) is 2. The zero-order chi connectivity index (χ0) is 15.5. The summed E-state index contributed by atoms with van der Waals surface area (Å²) in [6.45, 7) is 3.40. The van der Waals surface area contributed by atoms with E-state index in [9.17, 15) is 4.79 Å². The average Bonchev–Trinajstić information content (AvgIpc) is 2.33. The third kappa shape index (κ3) is 11.0. The molecule has 0 radical (unpaired) electrons. The molecule has 0 spiro atoms. The van der Waals surface area contributed by atoms with Crippen LogP contribution in [0, 0.1) is 5.92 Å². The van der Waals surface area contributed by atoms with Crippen molar-refractivity contribution in [2.45, 2.75) is 39.2 Å². The summed E-state index contributed by atoms with van der Waals surface area (Å²) in [5, 5.41) is 32.8. The van der Waals surface area contributed by atoms with Crippen molar-refractivity contribution in [2.24, 2.45) is 5.92 Å². The van der Waals surface area contributed by atoms with Crippen molar-refractivity contribution in [3.8, 4) is 0 Å². The number of unbranched alkanes of at least 4 members (excludes halogenated alkanes) is 1. The molecule has 0 aromatic heterocycles. The molecule has 10 heteroatoms. The van der Waals surface area contributed by atoms with E-state index in [-0.39, 0.29) is 25.1 Å². The van der Waals surface area contributed by atoms with Gasteiger partial charge < -0.3 is 4.74 Å². The van der Waals surface area contributed by atoms with Crippen LogP contribution in [0.2, 0.25) is 0 Å². The van der Waals surface area contributed by atoms with E-state index in [1.54, 1.807) is 13.8 Å². The van der Waals surface area contributed by atoms with Crippen LogP contribution in [0.15, 0.2) is 0 Å². The fraction of sp³-hybridized carbons (Fsp3) is 0.900. The second kappa shape index (κ2) is 10.9. The van der Waals surface area contributed by atoms with Gasteiger partial charge >= 0.3 is 5.97 Å². The Labute approximate surface area is 116 Å². The van der Waals surface area contributed by atoms with Crippen LogP contribution >= 0.6 is 0 Å². The van der Waals surface area contributed by atoms with Crippen LogP contribution in [0.1, 0.15) is 33.1 Å². The number of hydrogen-bond donors (Lipinski definition) is 4. The Morgan fingerprint density at radius 2 is 1.75 bits per heavy atom. The highest BCUT2D eigenvalue weighted by atomic mass is 17.1. The summed E-state index contributed by atoms with van der Waals surface area (Å²) in [6, 6.07) is 0.